The Bertz CT molecular complexity index is 1140. The van der Waals surface area contributed by atoms with Gasteiger partial charge in [-0.2, -0.15) is 0 Å². The van der Waals surface area contributed by atoms with E-state index in [0.29, 0.717) is 10.6 Å². The number of hydrogen-bond donors (Lipinski definition) is 1. The molecular formula is C20H22N2O7S2. The SMILES string of the molecule is COC(=O)c1c(NC(=O)COC(=O)c2cccc(S(=O)(=O)N(C)C)c2)sc2c1CCC2. The first-order valence-corrected chi connectivity index (χ1v) is 11.6. The van der Waals surface area contributed by atoms with Gasteiger partial charge in [-0.05, 0) is 43.0 Å². The fraction of sp³-hybridized carbons (Fsp3) is 0.350. The number of hydrogen-bond acceptors (Lipinski definition) is 8. The predicted molar refractivity (Wildman–Crippen MR) is 114 cm³/mol. The van der Waals surface area contributed by atoms with Crippen LogP contribution in [0.5, 0.6) is 0 Å². The van der Waals surface area contributed by atoms with E-state index in [2.05, 4.69) is 5.32 Å². The Morgan fingerprint density at radius 2 is 1.90 bits per heavy atom. The van der Waals surface area contributed by atoms with Gasteiger partial charge in [-0.3, -0.25) is 4.79 Å². The van der Waals surface area contributed by atoms with Crippen LogP contribution in [0.2, 0.25) is 0 Å². The number of sulfonamides is 1. The highest BCUT2D eigenvalue weighted by Crippen LogP contribution is 2.39. The molecule has 166 valence electrons. The average molecular weight is 467 g/mol. The Balaban J connectivity index is 1.67. The van der Waals surface area contributed by atoms with Gasteiger partial charge < -0.3 is 14.8 Å². The number of rotatable bonds is 7. The molecule has 0 unspecified atom stereocenters. The number of fused-ring (bicyclic) bond motifs is 1. The maximum absolute atomic E-state index is 12.3. The second-order valence-electron chi connectivity index (χ2n) is 6.99. The van der Waals surface area contributed by atoms with Crippen molar-refractivity contribution in [2.24, 2.45) is 0 Å². The van der Waals surface area contributed by atoms with Gasteiger partial charge in [-0.25, -0.2) is 22.3 Å². The summed E-state index contributed by atoms with van der Waals surface area (Å²) in [5.74, 6) is -1.98. The van der Waals surface area contributed by atoms with Crippen molar-refractivity contribution < 1.29 is 32.3 Å². The van der Waals surface area contributed by atoms with Gasteiger partial charge in [0.2, 0.25) is 10.0 Å². The minimum atomic E-state index is -3.72. The van der Waals surface area contributed by atoms with E-state index in [-0.39, 0.29) is 10.5 Å². The number of carbonyl (C=O) groups excluding carboxylic acids is 3. The lowest BCUT2D eigenvalue weighted by Gasteiger charge is -2.12. The second-order valence-corrected chi connectivity index (χ2v) is 10.2. The van der Waals surface area contributed by atoms with Gasteiger partial charge in [0, 0.05) is 19.0 Å². The molecule has 11 heteroatoms. The number of nitrogens with one attached hydrogen (secondary N) is 1. The van der Waals surface area contributed by atoms with Crippen LogP contribution in [0.15, 0.2) is 29.2 Å². The smallest absolute Gasteiger partial charge is 0.341 e. The van der Waals surface area contributed by atoms with Crippen molar-refractivity contribution in [3.8, 4) is 0 Å². The van der Waals surface area contributed by atoms with Crippen LogP contribution in [0.25, 0.3) is 0 Å². The summed E-state index contributed by atoms with van der Waals surface area (Å²) in [5, 5.41) is 2.98. The van der Waals surface area contributed by atoms with E-state index in [1.54, 1.807) is 0 Å². The maximum Gasteiger partial charge on any atom is 0.341 e. The molecule has 0 fully saturated rings. The molecule has 1 aromatic heterocycles. The van der Waals surface area contributed by atoms with Crippen molar-refractivity contribution in [2.75, 3.05) is 33.1 Å². The molecule has 0 atom stereocenters. The highest BCUT2D eigenvalue weighted by atomic mass is 32.2. The first kappa shape index (κ1) is 22.9. The van der Waals surface area contributed by atoms with Crippen LogP contribution >= 0.6 is 11.3 Å². The summed E-state index contributed by atoms with van der Waals surface area (Å²) in [6.07, 6.45) is 2.52. The van der Waals surface area contributed by atoms with Crippen molar-refractivity contribution in [3.05, 3.63) is 45.8 Å². The van der Waals surface area contributed by atoms with E-state index < -0.39 is 34.5 Å². The van der Waals surface area contributed by atoms with E-state index >= 15 is 0 Å². The first-order valence-electron chi connectivity index (χ1n) is 9.37. The minimum absolute atomic E-state index is 0.000995. The third-order valence-electron chi connectivity index (χ3n) is 4.75. The Kier molecular flexibility index (Phi) is 6.77. The summed E-state index contributed by atoms with van der Waals surface area (Å²) in [6, 6.07) is 5.37. The summed E-state index contributed by atoms with van der Waals surface area (Å²) in [5.41, 5.74) is 1.24. The molecule has 1 aromatic carbocycles. The normalized spacial score (nSPS) is 13.0. The molecule has 0 saturated carbocycles. The zero-order valence-electron chi connectivity index (χ0n) is 17.3. The van der Waals surface area contributed by atoms with Crippen molar-refractivity contribution in [3.63, 3.8) is 0 Å². The number of esters is 2. The van der Waals surface area contributed by atoms with Crippen molar-refractivity contribution in [1.29, 1.82) is 0 Å². The number of benzene rings is 1. The molecule has 1 N–H and O–H groups in total. The van der Waals surface area contributed by atoms with Crippen molar-refractivity contribution >= 4 is 44.2 Å². The highest BCUT2D eigenvalue weighted by Gasteiger charge is 2.28. The van der Waals surface area contributed by atoms with E-state index in [1.165, 1.54) is 56.8 Å². The van der Waals surface area contributed by atoms with Gasteiger partial charge in [0.25, 0.3) is 5.91 Å². The Morgan fingerprint density at radius 3 is 2.58 bits per heavy atom. The monoisotopic (exact) mass is 466 g/mol. The molecule has 1 aliphatic carbocycles. The third-order valence-corrected chi connectivity index (χ3v) is 7.76. The standard InChI is InChI=1S/C20H22N2O7S2/c1-22(2)31(26,27)13-7-4-6-12(10-13)19(24)29-11-16(23)21-18-17(20(25)28-3)14-8-5-9-15(14)30-18/h4,6-7,10H,5,8-9,11H2,1-3H3,(H,21,23). The number of anilines is 1. The average Bonchev–Trinajstić information content (AvgIpc) is 3.32. The number of methoxy groups -OCH3 is 1. The summed E-state index contributed by atoms with van der Waals surface area (Å²) >= 11 is 1.31. The summed E-state index contributed by atoms with van der Waals surface area (Å²) < 4.78 is 35.3. The van der Waals surface area contributed by atoms with Gasteiger partial charge in [-0.1, -0.05) is 6.07 Å². The second kappa shape index (κ2) is 9.16. The fourth-order valence-electron chi connectivity index (χ4n) is 3.18. The van der Waals surface area contributed by atoms with E-state index in [1.807, 2.05) is 0 Å². The van der Waals surface area contributed by atoms with E-state index in [9.17, 15) is 22.8 Å². The van der Waals surface area contributed by atoms with Gasteiger partial charge >= 0.3 is 11.9 Å². The van der Waals surface area contributed by atoms with Crippen molar-refractivity contribution in [1.82, 2.24) is 4.31 Å². The summed E-state index contributed by atoms with van der Waals surface area (Å²) in [6.45, 7) is -0.591. The molecule has 2 aromatic rings. The molecule has 0 spiro atoms. The van der Waals surface area contributed by atoms with Crippen LogP contribution in [0, 0.1) is 0 Å². The highest BCUT2D eigenvalue weighted by molar-refractivity contribution is 7.89. The van der Waals surface area contributed by atoms with Gasteiger partial charge in [0.1, 0.15) is 5.00 Å². The number of amides is 1. The molecule has 1 heterocycles. The molecule has 31 heavy (non-hydrogen) atoms. The molecule has 1 aliphatic rings. The third kappa shape index (κ3) is 4.78. The number of thiophene rings is 1. The molecule has 0 aliphatic heterocycles. The van der Waals surface area contributed by atoms with Crippen LogP contribution in [0.1, 0.15) is 37.6 Å². The van der Waals surface area contributed by atoms with E-state index in [4.69, 9.17) is 9.47 Å². The molecule has 3 rings (SSSR count). The number of nitrogens with zero attached hydrogens (tertiary/aromatic N) is 1. The van der Waals surface area contributed by atoms with Crippen LogP contribution < -0.4 is 5.32 Å². The van der Waals surface area contributed by atoms with Crippen LogP contribution in [-0.4, -0.2) is 58.4 Å². The first-order chi connectivity index (χ1) is 14.6. The summed E-state index contributed by atoms with van der Waals surface area (Å²) in [4.78, 5) is 37.7. The molecular weight excluding hydrogens is 444 g/mol. The number of aryl methyl sites for hydroxylation is 1. The van der Waals surface area contributed by atoms with Crippen LogP contribution in [-0.2, 0) is 37.1 Å². The molecule has 1 amide bonds. The lowest BCUT2D eigenvalue weighted by Crippen LogP contribution is -2.23. The largest absolute Gasteiger partial charge is 0.465 e. The van der Waals surface area contributed by atoms with Crippen LogP contribution in [0.4, 0.5) is 5.00 Å². The minimum Gasteiger partial charge on any atom is -0.465 e. The molecule has 0 radical (unpaired) electrons. The van der Waals surface area contributed by atoms with Crippen LogP contribution in [0.3, 0.4) is 0 Å². The van der Waals surface area contributed by atoms with Gasteiger partial charge in [0.15, 0.2) is 6.61 Å². The zero-order valence-corrected chi connectivity index (χ0v) is 18.9. The Hall–Kier alpha value is -2.76. The van der Waals surface area contributed by atoms with Gasteiger partial charge in [-0.15, -0.1) is 11.3 Å². The predicted octanol–water partition coefficient (Wildman–Crippen LogP) is 2.07. The number of ether oxygens (including phenoxy) is 2. The van der Waals surface area contributed by atoms with E-state index in [0.717, 1.165) is 34.0 Å². The number of carbonyl (C=O) groups is 3. The van der Waals surface area contributed by atoms with Gasteiger partial charge in [0.05, 0.1) is 23.1 Å². The van der Waals surface area contributed by atoms with Crippen molar-refractivity contribution in [2.45, 2.75) is 24.2 Å². The quantitative estimate of drug-likeness (QED) is 0.621. The molecule has 9 nitrogen and oxygen atoms in total. The lowest BCUT2D eigenvalue weighted by atomic mass is 10.1. The Morgan fingerprint density at radius 1 is 1.16 bits per heavy atom. The molecule has 0 bridgehead atoms. The lowest BCUT2D eigenvalue weighted by molar-refractivity contribution is -0.119. The maximum atomic E-state index is 12.3. The summed E-state index contributed by atoms with van der Waals surface area (Å²) in [7, 11) is 0.327. The Labute approximate surface area is 184 Å². The zero-order chi connectivity index (χ0) is 22.8. The fourth-order valence-corrected chi connectivity index (χ4v) is 5.42. The molecule has 0 saturated heterocycles. The topological polar surface area (TPSA) is 119 Å².